The molecule has 5 nitrogen and oxygen atoms in total. The van der Waals surface area contributed by atoms with Crippen molar-refractivity contribution in [1.82, 2.24) is 4.90 Å². The molecule has 0 N–H and O–H groups in total. The summed E-state index contributed by atoms with van der Waals surface area (Å²) in [5.41, 5.74) is 0. The molecular formula is C18H31NO4Si. The third kappa shape index (κ3) is 3.45. The van der Waals surface area contributed by atoms with Crippen molar-refractivity contribution in [3.05, 3.63) is 12.2 Å². The minimum atomic E-state index is -1.95. The van der Waals surface area contributed by atoms with Gasteiger partial charge >= 0.3 is 6.09 Å². The number of nitrogens with zero attached hydrogens (tertiary/aromatic N) is 1. The number of amides is 1. The molecule has 136 valence electrons. The maximum atomic E-state index is 12.4. The molecule has 0 aromatic rings. The van der Waals surface area contributed by atoms with Crippen molar-refractivity contribution >= 4 is 20.7 Å². The summed E-state index contributed by atoms with van der Waals surface area (Å²) in [7, 11) is -0.542. The highest BCUT2D eigenvalue weighted by atomic mass is 28.4. The molecule has 0 aromatic heterocycles. The Hall–Kier alpha value is -1.14. The number of hydrogen-bond acceptors (Lipinski definition) is 4. The van der Waals surface area contributed by atoms with Crippen LogP contribution in [-0.2, 0) is 14.0 Å². The van der Waals surface area contributed by atoms with Crippen molar-refractivity contribution in [3.63, 3.8) is 0 Å². The summed E-state index contributed by atoms with van der Waals surface area (Å²) in [4.78, 5) is 25.0. The van der Waals surface area contributed by atoms with Crippen molar-refractivity contribution in [2.45, 2.75) is 76.4 Å². The molecule has 2 aliphatic rings. The smallest absolute Gasteiger partial charge is 0.410 e. The van der Waals surface area contributed by atoms with E-state index in [2.05, 4.69) is 46.0 Å². The van der Waals surface area contributed by atoms with Crippen molar-refractivity contribution in [2.75, 3.05) is 7.11 Å². The summed E-state index contributed by atoms with van der Waals surface area (Å²) in [5, 5.41) is 0.113. The van der Waals surface area contributed by atoms with Crippen molar-refractivity contribution in [2.24, 2.45) is 5.92 Å². The highest BCUT2D eigenvalue weighted by Crippen LogP contribution is 2.45. The molecular weight excluding hydrogens is 322 g/mol. The molecule has 2 bridgehead atoms. The lowest BCUT2D eigenvalue weighted by molar-refractivity contribution is -0.108. The van der Waals surface area contributed by atoms with Crippen LogP contribution in [0.1, 0.15) is 40.0 Å². The number of aldehydes is 1. The second-order valence-corrected chi connectivity index (χ2v) is 13.1. The lowest BCUT2D eigenvalue weighted by Gasteiger charge is -2.41. The fourth-order valence-corrected chi connectivity index (χ4v) is 4.90. The van der Waals surface area contributed by atoms with Gasteiger partial charge in [0.2, 0.25) is 0 Å². The van der Waals surface area contributed by atoms with Gasteiger partial charge in [0.25, 0.3) is 0 Å². The van der Waals surface area contributed by atoms with Gasteiger partial charge in [-0.1, -0.05) is 32.9 Å². The maximum Gasteiger partial charge on any atom is 0.410 e. The van der Waals surface area contributed by atoms with Gasteiger partial charge in [0, 0.05) is 18.4 Å². The molecule has 4 atom stereocenters. The predicted molar refractivity (Wildman–Crippen MR) is 96.4 cm³/mol. The molecule has 1 aliphatic carbocycles. The van der Waals surface area contributed by atoms with Crippen molar-refractivity contribution < 1.29 is 18.8 Å². The van der Waals surface area contributed by atoms with E-state index in [1.54, 1.807) is 4.90 Å². The Labute approximate surface area is 146 Å². The quantitative estimate of drug-likeness (QED) is 0.429. The number of fused-ring (bicyclic) bond motifs is 2. The molecule has 0 unspecified atom stereocenters. The molecule has 1 fully saturated rings. The number of hydrogen-bond donors (Lipinski definition) is 0. The lowest BCUT2D eigenvalue weighted by atomic mass is 9.87. The molecule has 0 saturated carbocycles. The molecule has 1 aliphatic heterocycles. The van der Waals surface area contributed by atoms with Gasteiger partial charge in [0.05, 0.1) is 19.3 Å². The molecule has 0 radical (unpaired) electrons. The van der Waals surface area contributed by atoms with E-state index in [4.69, 9.17) is 9.16 Å². The molecule has 0 aromatic carbocycles. The summed E-state index contributed by atoms with van der Waals surface area (Å²) >= 11 is 0. The molecule has 1 amide bonds. The van der Waals surface area contributed by atoms with Crippen LogP contribution in [0.5, 0.6) is 0 Å². The van der Waals surface area contributed by atoms with E-state index in [9.17, 15) is 9.59 Å². The number of allylic oxidation sites excluding steroid dienone is 1. The molecule has 0 spiro atoms. The molecule has 24 heavy (non-hydrogen) atoms. The highest BCUT2D eigenvalue weighted by Gasteiger charge is 2.54. The first-order valence-electron chi connectivity index (χ1n) is 8.78. The SMILES string of the molecule is COC(=O)N1[C@@H]2C=CC[C@@H]([C@@H]2O[Si](C)(C)C(C)(C)C)[C@H]1CCC=O. The van der Waals surface area contributed by atoms with Gasteiger partial charge in [-0.25, -0.2) is 4.79 Å². The van der Waals surface area contributed by atoms with Gasteiger partial charge < -0.3 is 14.0 Å². The number of likely N-dealkylation sites (tertiary alicyclic amines) is 1. The minimum absolute atomic E-state index is 0.00239. The standard InChI is InChI=1S/C18H31NO4Si/c1-18(2,3)24(5,6)23-16-13-9-7-10-15(16)19(17(21)22-4)14(13)11-8-12-20/h7,10,12-16H,8-9,11H2,1-6H3/t13-,14-,15-,16+/m1/s1. The Balaban J connectivity index is 2.31. The normalized spacial score (nSPS) is 29.7. The fourth-order valence-electron chi connectivity index (χ4n) is 3.56. The molecule has 1 saturated heterocycles. The van der Waals surface area contributed by atoms with Gasteiger partial charge in [-0.15, -0.1) is 0 Å². The number of carbonyl (C=O) groups excluding carboxylic acids is 2. The van der Waals surface area contributed by atoms with Gasteiger partial charge in [0.1, 0.15) is 6.29 Å². The Morgan fingerprint density at radius 1 is 1.38 bits per heavy atom. The number of ether oxygens (including phenoxy) is 1. The minimum Gasteiger partial charge on any atom is -0.453 e. The van der Waals surface area contributed by atoms with E-state index in [1.165, 1.54) is 7.11 Å². The lowest BCUT2D eigenvalue weighted by Crippen LogP contribution is -2.49. The average Bonchev–Trinajstić information content (AvgIpc) is 2.66. The number of methoxy groups -OCH3 is 1. The zero-order valence-corrected chi connectivity index (χ0v) is 16.7. The Morgan fingerprint density at radius 3 is 2.58 bits per heavy atom. The second kappa shape index (κ2) is 7.00. The summed E-state index contributed by atoms with van der Waals surface area (Å²) in [5.74, 6) is 0.230. The monoisotopic (exact) mass is 353 g/mol. The van der Waals surface area contributed by atoms with Gasteiger partial charge in [-0.05, 0) is 31.0 Å². The van der Waals surface area contributed by atoms with Crippen LogP contribution in [0.3, 0.4) is 0 Å². The van der Waals surface area contributed by atoms with Crippen LogP contribution in [0.15, 0.2) is 12.2 Å². The Bertz CT molecular complexity index is 512. The Kier molecular flexibility index (Phi) is 5.60. The third-order valence-electron chi connectivity index (χ3n) is 5.88. The van der Waals surface area contributed by atoms with Gasteiger partial charge in [0.15, 0.2) is 8.32 Å². The first kappa shape index (κ1) is 19.2. The van der Waals surface area contributed by atoms with E-state index in [0.717, 1.165) is 12.7 Å². The van der Waals surface area contributed by atoms with Crippen LogP contribution < -0.4 is 0 Å². The summed E-state index contributed by atoms with van der Waals surface area (Å²) in [6, 6.07) is -0.0978. The van der Waals surface area contributed by atoms with E-state index >= 15 is 0 Å². The summed E-state index contributed by atoms with van der Waals surface area (Å²) < 4.78 is 11.7. The Morgan fingerprint density at radius 2 is 2.04 bits per heavy atom. The van der Waals surface area contributed by atoms with E-state index in [0.29, 0.717) is 12.8 Å². The zero-order chi connectivity index (χ0) is 18.1. The second-order valence-electron chi connectivity index (χ2n) is 8.35. The number of carbonyl (C=O) groups is 2. The van der Waals surface area contributed by atoms with Gasteiger partial charge in [-0.3, -0.25) is 4.90 Å². The zero-order valence-electron chi connectivity index (χ0n) is 15.7. The van der Waals surface area contributed by atoms with Crippen LogP contribution in [0.2, 0.25) is 18.1 Å². The largest absolute Gasteiger partial charge is 0.453 e. The maximum absolute atomic E-state index is 12.4. The van der Waals surface area contributed by atoms with Crippen LogP contribution in [0.25, 0.3) is 0 Å². The topological polar surface area (TPSA) is 55.8 Å². The average molecular weight is 354 g/mol. The first-order chi connectivity index (χ1) is 11.1. The van der Waals surface area contributed by atoms with Crippen molar-refractivity contribution in [1.29, 1.82) is 0 Å². The van der Waals surface area contributed by atoms with Crippen LogP contribution in [0, 0.1) is 5.92 Å². The van der Waals surface area contributed by atoms with Crippen molar-refractivity contribution in [3.8, 4) is 0 Å². The molecule has 6 heteroatoms. The van der Waals surface area contributed by atoms with Crippen LogP contribution in [0.4, 0.5) is 4.79 Å². The first-order valence-corrected chi connectivity index (χ1v) is 11.7. The highest BCUT2D eigenvalue weighted by molar-refractivity contribution is 6.74. The van der Waals surface area contributed by atoms with Crippen LogP contribution in [-0.4, -0.2) is 50.9 Å². The molecule has 2 rings (SSSR count). The predicted octanol–water partition coefficient (Wildman–Crippen LogP) is 3.75. The van der Waals surface area contributed by atoms with Gasteiger partial charge in [-0.2, -0.15) is 0 Å². The fraction of sp³-hybridized carbons (Fsp3) is 0.778. The van der Waals surface area contributed by atoms with E-state index in [1.807, 2.05) is 0 Å². The third-order valence-corrected chi connectivity index (χ3v) is 10.3. The summed E-state index contributed by atoms with van der Waals surface area (Å²) in [6.07, 6.45) is 6.80. The number of rotatable bonds is 5. The summed E-state index contributed by atoms with van der Waals surface area (Å²) in [6.45, 7) is 11.2. The van der Waals surface area contributed by atoms with Crippen LogP contribution >= 0.6 is 0 Å². The van der Waals surface area contributed by atoms with E-state index < -0.39 is 8.32 Å². The van der Waals surface area contributed by atoms with E-state index in [-0.39, 0.29) is 35.2 Å². The molecule has 1 heterocycles.